The van der Waals surface area contributed by atoms with Crippen molar-refractivity contribution in [2.75, 3.05) is 6.54 Å². The number of nitrogens with zero attached hydrogens (tertiary/aromatic N) is 1. The first-order valence-corrected chi connectivity index (χ1v) is 7.29. The molecule has 6 heteroatoms. The van der Waals surface area contributed by atoms with E-state index in [1.165, 1.54) is 0 Å². The summed E-state index contributed by atoms with van der Waals surface area (Å²) in [5, 5.41) is 6.95. The van der Waals surface area contributed by atoms with Crippen molar-refractivity contribution in [3.05, 3.63) is 17.0 Å². The number of hydrogen-bond donors (Lipinski definition) is 2. The summed E-state index contributed by atoms with van der Waals surface area (Å²) in [6.07, 6.45) is 2.79. The van der Waals surface area contributed by atoms with E-state index in [0.29, 0.717) is 13.1 Å². The van der Waals surface area contributed by atoms with Gasteiger partial charge in [-0.05, 0) is 19.3 Å². The summed E-state index contributed by atoms with van der Waals surface area (Å²) in [6, 6.07) is 0. The molecule has 20 heavy (non-hydrogen) atoms. The van der Waals surface area contributed by atoms with Gasteiger partial charge >= 0.3 is 0 Å². The van der Waals surface area contributed by atoms with Crippen LogP contribution in [0, 0.1) is 0 Å². The Hall–Kier alpha value is -1.40. The maximum absolute atomic E-state index is 12.1. The fourth-order valence-electron chi connectivity index (χ4n) is 2.50. The Bertz CT molecular complexity index is 437. The molecule has 1 amide bonds. The van der Waals surface area contributed by atoms with Gasteiger partial charge in [-0.3, -0.25) is 4.79 Å². The highest BCUT2D eigenvalue weighted by atomic mass is 16.5. The Labute approximate surface area is 119 Å². The number of ether oxygens (including phenoxy) is 1. The first kappa shape index (κ1) is 15.0. The van der Waals surface area contributed by atoms with Crippen molar-refractivity contribution in [1.82, 2.24) is 10.5 Å². The van der Waals surface area contributed by atoms with Crippen LogP contribution < -0.4 is 11.1 Å². The fraction of sp³-hybridized carbons (Fsp3) is 0.714. The zero-order valence-corrected chi connectivity index (χ0v) is 12.1. The van der Waals surface area contributed by atoms with Crippen LogP contribution in [0.3, 0.4) is 0 Å². The van der Waals surface area contributed by atoms with Gasteiger partial charge in [-0.25, -0.2) is 0 Å². The Morgan fingerprint density at radius 1 is 1.40 bits per heavy atom. The van der Waals surface area contributed by atoms with E-state index in [1.807, 2.05) is 13.8 Å². The van der Waals surface area contributed by atoms with Crippen molar-refractivity contribution < 1.29 is 14.1 Å². The molecule has 0 saturated carbocycles. The molecule has 1 aliphatic rings. The minimum Gasteiger partial charge on any atom is -0.364 e. The minimum absolute atomic E-state index is 0.0127. The molecular formula is C14H23N3O3. The lowest BCUT2D eigenvalue weighted by Gasteiger charge is -2.12. The van der Waals surface area contributed by atoms with Crippen LogP contribution in [0.5, 0.6) is 0 Å². The third-order valence-corrected chi connectivity index (χ3v) is 3.71. The van der Waals surface area contributed by atoms with E-state index in [4.69, 9.17) is 15.0 Å². The number of rotatable bonds is 6. The predicted octanol–water partition coefficient (Wildman–Crippen LogP) is 0.922. The van der Waals surface area contributed by atoms with Gasteiger partial charge in [0.15, 0.2) is 0 Å². The van der Waals surface area contributed by atoms with Gasteiger partial charge in [0, 0.05) is 25.1 Å². The maximum Gasteiger partial charge on any atom is 0.249 e. The van der Waals surface area contributed by atoms with Crippen molar-refractivity contribution >= 4 is 5.91 Å². The number of hydrogen-bond acceptors (Lipinski definition) is 5. The molecule has 0 bridgehead atoms. The number of amides is 1. The molecule has 1 fully saturated rings. The topological polar surface area (TPSA) is 90.4 Å². The molecule has 2 atom stereocenters. The van der Waals surface area contributed by atoms with Crippen LogP contribution in [-0.4, -0.2) is 29.8 Å². The highest BCUT2D eigenvalue weighted by molar-refractivity contribution is 5.81. The number of carbonyl (C=O) groups is 1. The van der Waals surface area contributed by atoms with E-state index in [0.717, 1.165) is 42.7 Å². The Morgan fingerprint density at radius 3 is 2.80 bits per heavy atom. The number of nitrogens with one attached hydrogen (secondary N) is 1. The summed E-state index contributed by atoms with van der Waals surface area (Å²) in [5.41, 5.74) is 7.45. The van der Waals surface area contributed by atoms with Gasteiger partial charge in [-0.15, -0.1) is 0 Å². The monoisotopic (exact) mass is 281 g/mol. The molecule has 3 N–H and O–H groups in total. The van der Waals surface area contributed by atoms with E-state index in [9.17, 15) is 4.79 Å². The summed E-state index contributed by atoms with van der Waals surface area (Å²) >= 11 is 0. The number of carbonyl (C=O) groups excluding carboxylic acids is 1. The van der Waals surface area contributed by atoms with Crippen LogP contribution in [0.15, 0.2) is 4.52 Å². The zero-order valence-electron chi connectivity index (χ0n) is 12.1. The van der Waals surface area contributed by atoms with E-state index < -0.39 is 0 Å². The molecule has 0 spiro atoms. The second kappa shape index (κ2) is 6.85. The molecule has 6 nitrogen and oxygen atoms in total. The standard InChI is InChI=1S/C14H23N3O3/c1-3-11-10(12(4-2)20-17-11)8-16-14(18)13-6-5-9(7-15)19-13/h9,13H,3-8,15H2,1-2H3,(H,16,18)/t9-,13+/m1/s1. The first-order chi connectivity index (χ1) is 9.69. The second-order valence-corrected chi connectivity index (χ2v) is 5.02. The largest absolute Gasteiger partial charge is 0.364 e. The van der Waals surface area contributed by atoms with Gasteiger partial charge < -0.3 is 20.3 Å². The molecule has 2 heterocycles. The number of nitrogens with two attached hydrogens (primary N) is 1. The summed E-state index contributed by atoms with van der Waals surface area (Å²) < 4.78 is 10.9. The van der Waals surface area contributed by atoms with E-state index >= 15 is 0 Å². The van der Waals surface area contributed by atoms with Gasteiger partial charge in [0.2, 0.25) is 5.91 Å². The lowest BCUT2D eigenvalue weighted by Crippen LogP contribution is -2.35. The Morgan fingerprint density at radius 2 is 2.20 bits per heavy atom. The highest BCUT2D eigenvalue weighted by Gasteiger charge is 2.30. The van der Waals surface area contributed by atoms with Gasteiger partial charge in [0.05, 0.1) is 11.8 Å². The van der Waals surface area contributed by atoms with Crippen LogP contribution >= 0.6 is 0 Å². The molecular weight excluding hydrogens is 258 g/mol. The fourth-order valence-corrected chi connectivity index (χ4v) is 2.50. The first-order valence-electron chi connectivity index (χ1n) is 7.29. The summed E-state index contributed by atoms with van der Waals surface area (Å²) in [7, 11) is 0. The molecule has 2 rings (SSSR count). The SMILES string of the molecule is CCc1noc(CC)c1CNC(=O)[C@@H]1CC[C@H](CN)O1. The van der Waals surface area contributed by atoms with Crippen molar-refractivity contribution in [2.24, 2.45) is 5.73 Å². The summed E-state index contributed by atoms with van der Waals surface area (Å²) in [5.74, 6) is 0.764. The zero-order chi connectivity index (χ0) is 14.5. The number of aromatic nitrogens is 1. The van der Waals surface area contributed by atoms with Crippen LogP contribution in [-0.2, 0) is 28.9 Å². The van der Waals surface area contributed by atoms with E-state index in [2.05, 4.69) is 10.5 Å². The lowest BCUT2D eigenvalue weighted by atomic mass is 10.1. The third kappa shape index (κ3) is 3.19. The van der Waals surface area contributed by atoms with Crippen LogP contribution in [0.1, 0.15) is 43.7 Å². The van der Waals surface area contributed by atoms with E-state index in [-0.39, 0.29) is 18.1 Å². The summed E-state index contributed by atoms with van der Waals surface area (Å²) in [4.78, 5) is 12.1. The van der Waals surface area contributed by atoms with Gasteiger partial charge in [0.1, 0.15) is 11.9 Å². The molecule has 0 unspecified atom stereocenters. The van der Waals surface area contributed by atoms with Crippen LogP contribution in [0.4, 0.5) is 0 Å². The molecule has 1 saturated heterocycles. The highest BCUT2D eigenvalue weighted by Crippen LogP contribution is 2.20. The number of aryl methyl sites for hydroxylation is 2. The van der Waals surface area contributed by atoms with Crippen molar-refractivity contribution in [3.8, 4) is 0 Å². The normalized spacial score (nSPS) is 22.1. The Balaban J connectivity index is 1.92. The molecule has 0 aromatic carbocycles. The van der Waals surface area contributed by atoms with E-state index in [1.54, 1.807) is 0 Å². The molecule has 0 aliphatic carbocycles. The maximum atomic E-state index is 12.1. The molecule has 0 radical (unpaired) electrons. The van der Waals surface area contributed by atoms with Crippen molar-refractivity contribution in [1.29, 1.82) is 0 Å². The quantitative estimate of drug-likeness (QED) is 0.809. The molecule has 1 aromatic heterocycles. The second-order valence-electron chi connectivity index (χ2n) is 5.02. The minimum atomic E-state index is -0.376. The summed E-state index contributed by atoms with van der Waals surface area (Å²) in [6.45, 7) is 4.95. The third-order valence-electron chi connectivity index (χ3n) is 3.71. The average Bonchev–Trinajstić information content (AvgIpc) is 3.10. The van der Waals surface area contributed by atoms with Crippen LogP contribution in [0.25, 0.3) is 0 Å². The van der Waals surface area contributed by atoms with Gasteiger partial charge in [0.25, 0.3) is 0 Å². The predicted molar refractivity (Wildman–Crippen MR) is 74.1 cm³/mol. The molecule has 1 aliphatic heterocycles. The van der Waals surface area contributed by atoms with Crippen LogP contribution in [0.2, 0.25) is 0 Å². The van der Waals surface area contributed by atoms with Crippen molar-refractivity contribution in [2.45, 2.75) is 58.3 Å². The van der Waals surface area contributed by atoms with Gasteiger partial charge in [-0.1, -0.05) is 19.0 Å². The smallest absolute Gasteiger partial charge is 0.249 e. The van der Waals surface area contributed by atoms with Gasteiger partial charge in [-0.2, -0.15) is 0 Å². The average molecular weight is 281 g/mol. The molecule has 1 aromatic rings. The Kier molecular flexibility index (Phi) is 5.14. The van der Waals surface area contributed by atoms with Crippen molar-refractivity contribution in [3.63, 3.8) is 0 Å². The molecule has 112 valence electrons. The lowest BCUT2D eigenvalue weighted by molar-refractivity contribution is -0.132.